The molecule has 0 saturated heterocycles. The minimum atomic E-state index is 0.505. The second kappa shape index (κ2) is 5.80. The van der Waals surface area contributed by atoms with Gasteiger partial charge in [-0.2, -0.15) is 5.10 Å². The van der Waals surface area contributed by atoms with Crippen LogP contribution in [0, 0.1) is 13.8 Å². The van der Waals surface area contributed by atoms with Crippen molar-refractivity contribution >= 4 is 23.3 Å². The minimum absolute atomic E-state index is 0.505. The van der Waals surface area contributed by atoms with Crippen molar-refractivity contribution in [1.29, 1.82) is 0 Å². The number of anilines is 1. The first-order chi connectivity index (χ1) is 9.04. The molecule has 2 aromatic rings. The highest BCUT2D eigenvalue weighted by molar-refractivity contribution is 6.30. The van der Waals surface area contributed by atoms with Gasteiger partial charge in [-0.15, -0.1) is 0 Å². The molecule has 0 spiro atoms. The average Bonchev–Trinajstić information content (AvgIpc) is 2.36. The van der Waals surface area contributed by atoms with Gasteiger partial charge in [0.15, 0.2) is 0 Å². The van der Waals surface area contributed by atoms with Gasteiger partial charge >= 0.3 is 0 Å². The molecule has 0 aliphatic heterocycles. The highest BCUT2D eigenvalue weighted by Gasteiger charge is 2.00. The first kappa shape index (κ1) is 13.5. The summed E-state index contributed by atoms with van der Waals surface area (Å²) < 4.78 is 0. The Morgan fingerprint density at radius 3 is 2.26 bits per heavy atom. The zero-order valence-corrected chi connectivity index (χ0v) is 11.9. The standard InChI is InChI=1S/C14H15ClN4/c1-9-8-10(2)17-14(16-9)19-18-11(3)12-4-6-13(15)7-5-12/h4-8H,1-3H3,(H,16,17,19)/b18-11-. The van der Waals surface area contributed by atoms with Crippen LogP contribution in [-0.2, 0) is 0 Å². The van der Waals surface area contributed by atoms with Crippen molar-refractivity contribution in [3.8, 4) is 0 Å². The van der Waals surface area contributed by atoms with E-state index in [-0.39, 0.29) is 0 Å². The Morgan fingerprint density at radius 1 is 1.11 bits per heavy atom. The van der Waals surface area contributed by atoms with Crippen LogP contribution in [0.1, 0.15) is 23.9 Å². The van der Waals surface area contributed by atoms with Crippen molar-refractivity contribution in [2.24, 2.45) is 5.10 Å². The van der Waals surface area contributed by atoms with Crippen molar-refractivity contribution in [3.05, 3.63) is 52.3 Å². The smallest absolute Gasteiger partial charge is 0.243 e. The van der Waals surface area contributed by atoms with Crippen molar-refractivity contribution in [3.63, 3.8) is 0 Å². The van der Waals surface area contributed by atoms with Crippen molar-refractivity contribution in [1.82, 2.24) is 9.97 Å². The van der Waals surface area contributed by atoms with Crippen LogP contribution in [-0.4, -0.2) is 15.7 Å². The summed E-state index contributed by atoms with van der Waals surface area (Å²) in [5.74, 6) is 0.505. The molecule has 98 valence electrons. The molecule has 4 nitrogen and oxygen atoms in total. The van der Waals surface area contributed by atoms with Gasteiger partial charge in [-0.05, 0) is 44.5 Å². The lowest BCUT2D eigenvalue weighted by Gasteiger charge is -2.04. The molecular weight excluding hydrogens is 260 g/mol. The molecule has 0 radical (unpaired) electrons. The predicted molar refractivity (Wildman–Crippen MR) is 78.8 cm³/mol. The molecule has 1 N–H and O–H groups in total. The fraction of sp³-hybridized carbons (Fsp3) is 0.214. The summed E-state index contributed by atoms with van der Waals surface area (Å²) in [5, 5.41) is 4.99. The van der Waals surface area contributed by atoms with Crippen LogP contribution in [0.5, 0.6) is 0 Å². The Balaban J connectivity index is 2.15. The molecule has 0 aliphatic carbocycles. The second-order valence-electron chi connectivity index (χ2n) is 4.29. The summed E-state index contributed by atoms with van der Waals surface area (Å²) in [5.41, 5.74) is 6.54. The van der Waals surface area contributed by atoms with Gasteiger partial charge in [0.2, 0.25) is 5.95 Å². The molecule has 0 atom stereocenters. The molecule has 0 saturated carbocycles. The number of benzene rings is 1. The Labute approximate surface area is 117 Å². The predicted octanol–water partition coefficient (Wildman–Crippen LogP) is 3.58. The van der Waals surface area contributed by atoms with Crippen LogP contribution in [0.3, 0.4) is 0 Å². The van der Waals surface area contributed by atoms with Crippen molar-refractivity contribution in [2.75, 3.05) is 5.43 Å². The highest BCUT2D eigenvalue weighted by Crippen LogP contribution is 2.10. The Hall–Kier alpha value is -1.94. The van der Waals surface area contributed by atoms with E-state index in [0.29, 0.717) is 11.0 Å². The van der Waals surface area contributed by atoms with E-state index >= 15 is 0 Å². The number of nitrogens with zero attached hydrogens (tertiary/aromatic N) is 3. The van der Waals surface area contributed by atoms with E-state index in [1.165, 1.54) is 0 Å². The number of hydrogen-bond acceptors (Lipinski definition) is 4. The van der Waals surface area contributed by atoms with E-state index < -0.39 is 0 Å². The molecule has 0 unspecified atom stereocenters. The normalized spacial score (nSPS) is 11.5. The lowest BCUT2D eigenvalue weighted by molar-refractivity contribution is 1.03. The molecule has 1 aromatic heterocycles. The van der Waals surface area contributed by atoms with Gasteiger partial charge in [-0.25, -0.2) is 15.4 Å². The van der Waals surface area contributed by atoms with Gasteiger partial charge in [0.25, 0.3) is 0 Å². The van der Waals surface area contributed by atoms with E-state index in [0.717, 1.165) is 22.7 Å². The third kappa shape index (κ3) is 3.76. The number of hydrazone groups is 1. The summed E-state index contributed by atoms with van der Waals surface area (Å²) in [6.07, 6.45) is 0. The quantitative estimate of drug-likeness (QED) is 0.687. The first-order valence-corrected chi connectivity index (χ1v) is 6.31. The van der Waals surface area contributed by atoms with Crippen LogP contribution >= 0.6 is 11.6 Å². The topological polar surface area (TPSA) is 50.2 Å². The maximum atomic E-state index is 5.85. The van der Waals surface area contributed by atoms with Crippen LogP contribution in [0.25, 0.3) is 0 Å². The average molecular weight is 275 g/mol. The fourth-order valence-electron chi connectivity index (χ4n) is 1.67. The van der Waals surface area contributed by atoms with Gasteiger partial charge in [0, 0.05) is 16.4 Å². The largest absolute Gasteiger partial charge is 0.245 e. The van der Waals surface area contributed by atoms with E-state index in [9.17, 15) is 0 Å². The fourth-order valence-corrected chi connectivity index (χ4v) is 1.79. The summed E-state index contributed by atoms with van der Waals surface area (Å²) in [6.45, 7) is 5.77. The van der Waals surface area contributed by atoms with Crippen molar-refractivity contribution in [2.45, 2.75) is 20.8 Å². The molecule has 19 heavy (non-hydrogen) atoms. The number of aromatic nitrogens is 2. The molecule has 5 heteroatoms. The van der Waals surface area contributed by atoms with Gasteiger partial charge in [-0.1, -0.05) is 23.7 Å². The molecule has 0 bridgehead atoms. The summed E-state index contributed by atoms with van der Waals surface area (Å²) in [4.78, 5) is 8.53. The number of hydrogen-bond donors (Lipinski definition) is 1. The zero-order chi connectivity index (χ0) is 13.8. The van der Waals surface area contributed by atoms with Crippen molar-refractivity contribution < 1.29 is 0 Å². The van der Waals surface area contributed by atoms with E-state index in [2.05, 4.69) is 20.5 Å². The van der Waals surface area contributed by atoms with Gasteiger partial charge in [0.05, 0.1) is 5.71 Å². The van der Waals surface area contributed by atoms with Gasteiger partial charge in [-0.3, -0.25) is 0 Å². The Bertz CT molecular complexity index is 585. The number of nitrogens with one attached hydrogen (secondary N) is 1. The molecule has 1 aromatic carbocycles. The van der Waals surface area contributed by atoms with E-state index in [1.54, 1.807) is 0 Å². The highest BCUT2D eigenvalue weighted by atomic mass is 35.5. The number of rotatable bonds is 3. The second-order valence-corrected chi connectivity index (χ2v) is 4.73. The van der Waals surface area contributed by atoms with Crippen LogP contribution in [0.15, 0.2) is 35.4 Å². The summed E-state index contributed by atoms with van der Waals surface area (Å²) >= 11 is 5.85. The third-order valence-electron chi connectivity index (χ3n) is 2.57. The van der Waals surface area contributed by atoms with E-state index in [1.807, 2.05) is 51.1 Å². The molecule has 2 rings (SSSR count). The zero-order valence-electron chi connectivity index (χ0n) is 11.1. The number of aryl methyl sites for hydroxylation is 2. The number of halogens is 1. The van der Waals surface area contributed by atoms with Crippen LogP contribution in [0.4, 0.5) is 5.95 Å². The molecule has 1 heterocycles. The SMILES string of the molecule is C/C(=N/Nc1nc(C)cc(C)n1)c1ccc(Cl)cc1. The molecule has 0 amide bonds. The van der Waals surface area contributed by atoms with Gasteiger partial charge in [0.1, 0.15) is 0 Å². The summed E-state index contributed by atoms with van der Waals surface area (Å²) in [7, 11) is 0. The van der Waals surface area contributed by atoms with Crippen LogP contribution < -0.4 is 5.43 Å². The summed E-state index contributed by atoms with van der Waals surface area (Å²) in [6, 6.07) is 9.43. The Kier molecular flexibility index (Phi) is 4.12. The monoisotopic (exact) mass is 274 g/mol. The lowest BCUT2D eigenvalue weighted by atomic mass is 10.1. The lowest BCUT2D eigenvalue weighted by Crippen LogP contribution is -2.03. The Morgan fingerprint density at radius 2 is 1.68 bits per heavy atom. The van der Waals surface area contributed by atoms with Gasteiger partial charge < -0.3 is 0 Å². The molecular formula is C14H15ClN4. The maximum absolute atomic E-state index is 5.85. The maximum Gasteiger partial charge on any atom is 0.243 e. The minimum Gasteiger partial charge on any atom is -0.245 e. The third-order valence-corrected chi connectivity index (χ3v) is 2.82. The molecule has 0 aliphatic rings. The van der Waals surface area contributed by atoms with E-state index in [4.69, 9.17) is 11.6 Å². The first-order valence-electron chi connectivity index (χ1n) is 5.93. The van der Waals surface area contributed by atoms with Crippen LogP contribution in [0.2, 0.25) is 5.02 Å². The molecule has 0 fully saturated rings.